The maximum absolute atomic E-state index is 11.9. The molecule has 0 saturated carbocycles. The monoisotopic (exact) mass is 278 g/mol. The molecule has 0 radical (unpaired) electrons. The SMILES string of the molecule is CC(C(=O)NC(=O)CCC(N)C(=O)O)c1ccccc1. The molecule has 0 heterocycles. The van der Waals surface area contributed by atoms with Crippen LogP contribution in [0.5, 0.6) is 0 Å². The van der Waals surface area contributed by atoms with Gasteiger partial charge >= 0.3 is 5.97 Å². The molecular weight excluding hydrogens is 260 g/mol. The number of carboxylic acid groups (broad SMARTS) is 1. The van der Waals surface area contributed by atoms with E-state index in [-0.39, 0.29) is 12.8 Å². The fourth-order valence-electron chi connectivity index (χ4n) is 1.61. The van der Waals surface area contributed by atoms with Crippen LogP contribution in [-0.4, -0.2) is 28.9 Å². The van der Waals surface area contributed by atoms with Gasteiger partial charge in [-0.1, -0.05) is 30.3 Å². The van der Waals surface area contributed by atoms with Gasteiger partial charge in [0.15, 0.2) is 0 Å². The van der Waals surface area contributed by atoms with E-state index in [1.165, 1.54) is 0 Å². The number of carbonyl (C=O) groups is 3. The van der Waals surface area contributed by atoms with E-state index in [4.69, 9.17) is 10.8 Å². The number of carbonyl (C=O) groups excluding carboxylic acids is 2. The lowest BCUT2D eigenvalue weighted by Gasteiger charge is -2.12. The van der Waals surface area contributed by atoms with E-state index in [1.54, 1.807) is 19.1 Å². The quantitative estimate of drug-likeness (QED) is 0.707. The van der Waals surface area contributed by atoms with Crippen molar-refractivity contribution in [1.29, 1.82) is 0 Å². The number of imide groups is 1. The molecule has 0 fully saturated rings. The van der Waals surface area contributed by atoms with Crippen LogP contribution < -0.4 is 11.1 Å². The third-order valence-corrected chi connectivity index (χ3v) is 2.96. The van der Waals surface area contributed by atoms with Crippen LogP contribution in [0.4, 0.5) is 0 Å². The second kappa shape index (κ2) is 7.40. The van der Waals surface area contributed by atoms with Gasteiger partial charge in [0.2, 0.25) is 11.8 Å². The van der Waals surface area contributed by atoms with Gasteiger partial charge in [-0.15, -0.1) is 0 Å². The minimum absolute atomic E-state index is 0.00579. The molecule has 0 aliphatic heterocycles. The molecule has 0 bridgehead atoms. The Labute approximate surface area is 117 Å². The Hall–Kier alpha value is -2.21. The van der Waals surface area contributed by atoms with Crippen LogP contribution in [0.2, 0.25) is 0 Å². The lowest BCUT2D eigenvalue weighted by Crippen LogP contribution is -2.36. The summed E-state index contributed by atoms with van der Waals surface area (Å²) < 4.78 is 0. The van der Waals surface area contributed by atoms with Crippen molar-refractivity contribution in [1.82, 2.24) is 5.32 Å². The first-order valence-corrected chi connectivity index (χ1v) is 6.29. The van der Waals surface area contributed by atoms with Gasteiger partial charge in [-0.3, -0.25) is 19.7 Å². The maximum Gasteiger partial charge on any atom is 0.320 e. The zero-order valence-electron chi connectivity index (χ0n) is 11.2. The molecule has 2 amide bonds. The van der Waals surface area contributed by atoms with Crippen molar-refractivity contribution in [2.75, 3.05) is 0 Å². The molecule has 20 heavy (non-hydrogen) atoms. The van der Waals surface area contributed by atoms with E-state index >= 15 is 0 Å². The van der Waals surface area contributed by atoms with Crippen LogP contribution >= 0.6 is 0 Å². The lowest BCUT2D eigenvalue weighted by atomic mass is 10.0. The largest absolute Gasteiger partial charge is 0.480 e. The highest BCUT2D eigenvalue weighted by Crippen LogP contribution is 2.14. The minimum Gasteiger partial charge on any atom is -0.480 e. The zero-order chi connectivity index (χ0) is 15.1. The van der Waals surface area contributed by atoms with Gasteiger partial charge in [-0.25, -0.2) is 0 Å². The normalized spacial score (nSPS) is 13.3. The summed E-state index contributed by atoms with van der Waals surface area (Å²) in [6, 6.07) is 7.97. The molecule has 0 aromatic heterocycles. The van der Waals surface area contributed by atoms with Crippen molar-refractivity contribution >= 4 is 17.8 Å². The molecule has 6 nitrogen and oxygen atoms in total. The molecule has 4 N–H and O–H groups in total. The number of amides is 2. The predicted octanol–water partition coefficient (Wildman–Crippen LogP) is 0.625. The summed E-state index contributed by atoms with van der Waals surface area (Å²) in [6.45, 7) is 1.70. The molecule has 108 valence electrons. The molecule has 6 heteroatoms. The number of hydrogen-bond donors (Lipinski definition) is 3. The number of aliphatic carboxylic acids is 1. The second-order valence-electron chi connectivity index (χ2n) is 4.53. The van der Waals surface area contributed by atoms with E-state index in [0.717, 1.165) is 5.56 Å². The molecule has 0 saturated heterocycles. The topological polar surface area (TPSA) is 109 Å². The van der Waals surface area contributed by atoms with E-state index in [2.05, 4.69) is 5.32 Å². The van der Waals surface area contributed by atoms with Crippen molar-refractivity contribution in [3.05, 3.63) is 35.9 Å². The molecule has 0 aliphatic rings. The van der Waals surface area contributed by atoms with Crippen LogP contribution in [-0.2, 0) is 14.4 Å². The number of benzene rings is 1. The third-order valence-electron chi connectivity index (χ3n) is 2.96. The minimum atomic E-state index is -1.17. The molecule has 1 aromatic carbocycles. The molecule has 2 unspecified atom stereocenters. The van der Waals surface area contributed by atoms with E-state index in [0.29, 0.717) is 0 Å². The molecule has 0 aliphatic carbocycles. The summed E-state index contributed by atoms with van der Waals surface area (Å²) in [5.41, 5.74) is 6.09. The molecule has 1 rings (SSSR count). The number of rotatable bonds is 6. The molecular formula is C14H18N2O4. The van der Waals surface area contributed by atoms with Gasteiger partial charge in [-0.05, 0) is 18.9 Å². The summed E-state index contributed by atoms with van der Waals surface area (Å²) in [7, 11) is 0. The number of hydrogen-bond acceptors (Lipinski definition) is 4. The predicted molar refractivity (Wildman–Crippen MR) is 72.9 cm³/mol. The number of carboxylic acids is 1. The van der Waals surface area contributed by atoms with Crippen LogP contribution in [0.15, 0.2) is 30.3 Å². The van der Waals surface area contributed by atoms with Crippen molar-refractivity contribution in [2.24, 2.45) is 5.73 Å². The summed E-state index contributed by atoms with van der Waals surface area (Å²) in [5.74, 6) is -2.55. The molecule has 2 atom stereocenters. The summed E-state index contributed by atoms with van der Waals surface area (Å²) in [5, 5.41) is 10.8. The Morgan fingerprint density at radius 1 is 1.25 bits per heavy atom. The number of nitrogens with one attached hydrogen (secondary N) is 1. The molecule has 0 spiro atoms. The van der Waals surface area contributed by atoms with Gasteiger partial charge in [-0.2, -0.15) is 0 Å². The molecule has 1 aromatic rings. The van der Waals surface area contributed by atoms with Crippen LogP contribution in [0.25, 0.3) is 0 Å². The fraction of sp³-hybridized carbons (Fsp3) is 0.357. The Bertz CT molecular complexity index is 487. The summed E-state index contributed by atoms with van der Waals surface area (Å²) >= 11 is 0. The highest BCUT2D eigenvalue weighted by atomic mass is 16.4. The first-order chi connectivity index (χ1) is 9.41. The average molecular weight is 278 g/mol. The Morgan fingerprint density at radius 2 is 1.85 bits per heavy atom. The second-order valence-corrected chi connectivity index (χ2v) is 4.53. The van der Waals surface area contributed by atoms with Gasteiger partial charge < -0.3 is 10.8 Å². The number of nitrogens with two attached hydrogens (primary N) is 1. The maximum atomic E-state index is 11.9. The zero-order valence-corrected chi connectivity index (χ0v) is 11.2. The first kappa shape index (κ1) is 15.8. The van der Waals surface area contributed by atoms with Gasteiger partial charge in [0.05, 0.1) is 5.92 Å². The Morgan fingerprint density at radius 3 is 2.40 bits per heavy atom. The standard InChI is InChI=1S/C14H18N2O4/c1-9(10-5-3-2-4-6-10)13(18)16-12(17)8-7-11(15)14(19)20/h2-6,9,11H,7-8,15H2,1H3,(H,19,20)(H,16,17,18). The van der Waals surface area contributed by atoms with Gasteiger partial charge in [0, 0.05) is 6.42 Å². The van der Waals surface area contributed by atoms with Crippen LogP contribution in [0.3, 0.4) is 0 Å². The highest BCUT2D eigenvalue weighted by Gasteiger charge is 2.19. The van der Waals surface area contributed by atoms with E-state index in [1.807, 2.05) is 18.2 Å². The van der Waals surface area contributed by atoms with Crippen molar-refractivity contribution in [3.8, 4) is 0 Å². The average Bonchev–Trinajstić information content (AvgIpc) is 2.44. The Balaban J connectivity index is 2.46. The first-order valence-electron chi connectivity index (χ1n) is 6.29. The van der Waals surface area contributed by atoms with Crippen molar-refractivity contribution < 1.29 is 19.5 Å². The summed E-state index contributed by atoms with van der Waals surface area (Å²) in [6.07, 6.45) is -0.102. The fourth-order valence-corrected chi connectivity index (χ4v) is 1.61. The van der Waals surface area contributed by atoms with Crippen molar-refractivity contribution in [3.63, 3.8) is 0 Å². The lowest BCUT2D eigenvalue weighted by molar-refractivity contribution is -0.138. The van der Waals surface area contributed by atoms with Gasteiger partial charge in [0.1, 0.15) is 6.04 Å². The van der Waals surface area contributed by atoms with Crippen molar-refractivity contribution in [2.45, 2.75) is 31.7 Å². The van der Waals surface area contributed by atoms with E-state index in [9.17, 15) is 14.4 Å². The van der Waals surface area contributed by atoms with E-state index < -0.39 is 29.7 Å². The smallest absolute Gasteiger partial charge is 0.320 e. The van der Waals surface area contributed by atoms with Crippen LogP contribution in [0.1, 0.15) is 31.2 Å². The third kappa shape index (κ3) is 4.81. The van der Waals surface area contributed by atoms with Gasteiger partial charge in [0.25, 0.3) is 0 Å². The Kier molecular flexibility index (Phi) is 5.86. The van der Waals surface area contributed by atoms with Crippen LogP contribution in [0, 0.1) is 0 Å². The highest BCUT2D eigenvalue weighted by molar-refractivity contribution is 5.98. The summed E-state index contributed by atoms with van der Waals surface area (Å²) in [4.78, 5) is 33.9.